The number of rotatable bonds is 8. The van der Waals surface area contributed by atoms with E-state index in [1.54, 1.807) is 6.26 Å². The van der Waals surface area contributed by atoms with Crippen LogP contribution in [-0.4, -0.2) is 38.0 Å². The molecule has 4 heteroatoms. The summed E-state index contributed by atoms with van der Waals surface area (Å²) in [6.07, 6.45) is 1.57. The molecule has 0 aliphatic carbocycles. The number of aryl methyl sites for hydroxylation is 1. The van der Waals surface area contributed by atoms with Gasteiger partial charge in [-0.05, 0) is 33.9 Å². The second-order valence-corrected chi connectivity index (χ2v) is 4.04. The SMILES string of the molecule is CCOC(CN(C)Cc1ccoc1C)OCC. The molecular weight excluding hydrogens is 218 g/mol. The Balaban J connectivity index is 2.41. The van der Waals surface area contributed by atoms with Crippen LogP contribution in [0.2, 0.25) is 0 Å². The van der Waals surface area contributed by atoms with Crippen molar-refractivity contribution in [3.05, 3.63) is 23.7 Å². The molecule has 1 heterocycles. The van der Waals surface area contributed by atoms with E-state index in [-0.39, 0.29) is 6.29 Å². The van der Waals surface area contributed by atoms with Gasteiger partial charge in [-0.15, -0.1) is 0 Å². The minimum absolute atomic E-state index is 0.151. The van der Waals surface area contributed by atoms with Crippen LogP contribution in [0, 0.1) is 6.92 Å². The van der Waals surface area contributed by atoms with Crippen molar-refractivity contribution < 1.29 is 13.9 Å². The van der Waals surface area contributed by atoms with Gasteiger partial charge in [-0.25, -0.2) is 0 Å². The average Bonchev–Trinajstić information content (AvgIpc) is 2.65. The smallest absolute Gasteiger partial charge is 0.170 e. The van der Waals surface area contributed by atoms with Crippen LogP contribution in [-0.2, 0) is 16.0 Å². The molecule has 0 N–H and O–H groups in total. The molecule has 1 rings (SSSR count). The van der Waals surface area contributed by atoms with Gasteiger partial charge in [0.1, 0.15) is 5.76 Å². The largest absolute Gasteiger partial charge is 0.469 e. The lowest BCUT2D eigenvalue weighted by atomic mass is 10.2. The molecule has 4 nitrogen and oxygen atoms in total. The number of ether oxygens (including phenoxy) is 2. The highest BCUT2D eigenvalue weighted by atomic mass is 16.7. The van der Waals surface area contributed by atoms with E-state index in [4.69, 9.17) is 13.9 Å². The predicted octanol–water partition coefficient (Wildman–Crippen LogP) is 2.42. The van der Waals surface area contributed by atoms with Gasteiger partial charge in [0, 0.05) is 31.9 Å². The summed E-state index contributed by atoms with van der Waals surface area (Å²) in [5.74, 6) is 0.973. The Hall–Kier alpha value is -0.840. The minimum atomic E-state index is -0.151. The number of hydrogen-bond acceptors (Lipinski definition) is 4. The van der Waals surface area contributed by atoms with E-state index in [1.807, 2.05) is 26.8 Å². The maximum absolute atomic E-state index is 5.52. The monoisotopic (exact) mass is 241 g/mol. The molecule has 0 aliphatic heterocycles. The summed E-state index contributed by atoms with van der Waals surface area (Å²) in [4.78, 5) is 2.17. The van der Waals surface area contributed by atoms with Crippen LogP contribution in [0.25, 0.3) is 0 Å². The van der Waals surface area contributed by atoms with Gasteiger partial charge in [-0.1, -0.05) is 0 Å². The van der Waals surface area contributed by atoms with E-state index < -0.39 is 0 Å². The number of nitrogens with zero attached hydrogens (tertiary/aromatic N) is 1. The van der Waals surface area contributed by atoms with Crippen molar-refractivity contribution in [1.29, 1.82) is 0 Å². The van der Waals surface area contributed by atoms with Crippen molar-refractivity contribution in [3.8, 4) is 0 Å². The summed E-state index contributed by atoms with van der Waals surface area (Å²) in [7, 11) is 2.05. The Morgan fingerprint density at radius 1 is 1.29 bits per heavy atom. The van der Waals surface area contributed by atoms with Crippen LogP contribution in [0.4, 0.5) is 0 Å². The van der Waals surface area contributed by atoms with Gasteiger partial charge in [-0.2, -0.15) is 0 Å². The average molecular weight is 241 g/mol. The highest BCUT2D eigenvalue weighted by Crippen LogP contribution is 2.11. The Morgan fingerprint density at radius 2 is 1.94 bits per heavy atom. The first kappa shape index (κ1) is 14.2. The number of likely N-dealkylation sites (N-methyl/N-ethyl adjacent to an activating group) is 1. The van der Waals surface area contributed by atoms with Crippen LogP contribution in [0.1, 0.15) is 25.2 Å². The molecule has 0 fully saturated rings. The van der Waals surface area contributed by atoms with Crippen molar-refractivity contribution in [1.82, 2.24) is 4.90 Å². The van der Waals surface area contributed by atoms with Crippen molar-refractivity contribution in [2.45, 2.75) is 33.6 Å². The maximum atomic E-state index is 5.52. The second-order valence-electron chi connectivity index (χ2n) is 4.04. The van der Waals surface area contributed by atoms with E-state index in [9.17, 15) is 0 Å². The maximum Gasteiger partial charge on any atom is 0.170 e. The third-order valence-corrected chi connectivity index (χ3v) is 2.57. The lowest BCUT2D eigenvalue weighted by Crippen LogP contribution is -2.33. The first-order chi connectivity index (χ1) is 8.17. The molecule has 0 unspecified atom stereocenters. The van der Waals surface area contributed by atoms with Crippen LogP contribution in [0.5, 0.6) is 0 Å². The molecule has 0 saturated heterocycles. The Labute approximate surface area is 103 Å². The zero-order chi connectivity index (χ0) is 12.7. The van der Waals surface area contributed by atoms with Crippen molar-refractivity contribution in [3.63, 3.8) is 0 Å². The van der Waals surface area contributed by atoms with Crippen molar-refractivity contribution in [2.75, 3.05) is 26.8 Å². The summed E-state index contributed by atoms with van der Waals surface area (Å²) in [5.41, 5.74) is 1.21. The fraction of sp³-hybridized carbons (Fsp3) is 0.692. The van der Waals surface area contributed by atoms with E-state index in [2.05, 4.69) is 11.9 Å². The van der Waals surface area contributed by atoms with Gasteiger partial charge >= 0.3 is 0 Å². The summed E-state index contributed by atoms with van der Waals surface area (Å²) in [6, 6.07) is 2.00. The lowest BCUT2D eigenvalue weighted by molar-refractivity contribution is -0.145. The van der Waals surface area contributed by atoms with Gasteiger partial charge in [0.25, 0.3) is 0 Å². The lowest BCUT2D eigenvalue weighted by Gasteiger charge is -2.23. The third-order valence-electron chi connectivity index (χ3n) is 2.57. The molecule has 98 valence electrons. The number of hydrogen-bond donors (Lipinski definition) is 0. The molecule has 0 amide bonds. The zero-order valence-corrected chi connectivity index (χ0v) is 11.2. The van der Waals surface area contributed by atoms with E-state index in [1.165, 1.54) is 5.56 Å². The quantitative estimate of drug-likeness (QED) is 0.655. The highest BCUT2D eigenvalue weighted by Gasteiger charge is 2.13. The second kappa shape index (κ2) is 7.48. The van der Waals surface area contributed by atoms with Crippen molar-refractivity contribution in [2.24, 2.45) is 0 Å². The molecular formula is C13H23NO3. The molecule has 0 aromatic carbocycles. The summed E-state index contributed by atoms with van der Waals surface area (Å²) >= 11 is 0. The summed E-state index contributed by atoms with van der Waals surface area (Å²) in [5, 5.41) is 0. The fourth-order valence-corrected chi connectivity index (χ4v) is 1.71. The summed E-state index contributed by atoms with van der Waals surface area (Å²) < 4.78 is 16.3. The third kappa shape index (κ3) is 4.89. The zero-order valence-electron chi connectivity index (χ0n) is 11.2. The van der Waals surface area contributed by atoms with Gasteiger partial charge in [0.15, 0.2) is 6.29 Å². The first-order valence-corrected chi connectivity index (χ1v) is 6.12. The molecule has 1 aromatic heterocycles. The minimum Gasteiger partial charge on any atom is -0.469 e. The van der Waals surface area contributed by atoms with Crippen molar-refractivity contribution >= 4 is 0 Å². The first-order valence-electron chi connectivity index (χ1n) is 6.12. The van der Waals surface area contributed by atoms with Crippen LogP contribution in [0.3, 0.4) is 0 Å². The van der Waals surface area contributed by atoms with E-state index in [0.717, 1.165) is 18.8 Å². The van der Waals surface area contributed by atoms with E-state index >= 15 is 0 Å². The molecule has 0 aliphatic rings. The normalized spacial score (nSPS) is 11.6. The molecule has 1 aromatic rings. The topological polar surface area (TPSA) is 34.8 Å². The summed E-state index contributed by atoms with van der Waals surface area (Å²) in [6.45, 7) is 8.88. The Morgan fingerprint density at radius 3 is 2.41 bits per heavy atom. The standard InChI is InChI=1S/C13H23NO3/c1-5-15-13(16-6-2)10-14(4)9-12-7-8-17-11(12)3/h7-8,13H,5-6,9-10H2,1-4H3. The highest BCUT2D eigenvalue weighted by molar-refractivity contribution is 5.14. The van der Waals surface area contributed by atoms with Gasteiger partial charge in [0.2, 0.25) is 0 Å². The molecule has 0 radical (unpaired) electrons. The molecule has 0 bridgehead atoms. The van der Waals surface area contributed by atoms with Gasteiger partial charge in [0.05, 0.1) is 6.26 Å². The molecule has 0 saturated carbocycles. The van der Waals surface area contributed by atoms with Gasteiger partial charge in [-0.3, -0.25) is 4.90 Å². The fourth-order valence-electron chi connectivity index (χ4n) is 1.71. The predicted molar refractivity (Wildman–Crippen MR) is 66.8 cm³/mol. The van der Waals surface area contributed by atoms with Crippen LogP contribution < -0.4 is 0 Å². The molecule has 0 atom stereocenters. The van der Waals surface area contributed by atoms with Crippen LogP contribution in [0.15, 0.2) is 16.7 Å². The molecule has 0 spiro atoms. The Bertz CT molecular complexity index is 305. The Kier molecular flexibility index (Phi) is 6.26. The number of furan rings is 1. The van der Waals surface area contributed by atoms with E-state index in [0.29, 0.717) is 13.2 Å². The van der Waals surface area contributed by atoms with Crippen LogP contribution >= 0.6 is 0 Å². The van der Waals surface area contributed by atoms with Gasteiger partial charge < -0.3 is 13.9 Å². The molecule has 17 heavy (non-hydrogen) atoms.